The normalized spacial score (nSPS) is 10.5. The van der Waals surface area contributed by atoms with Crippen LogP contribution in [-0.4, -0.2) is 12.6 Å². The van der Waals surface area contributed by atoms with Gasteiger partial charge in [0.2, 0.25) is 0 Å². The number of carbonyl (C=O) groups excluding carboxylic acids is 1. The van der Waals surface area contributed by atoms with E-state index in [4.69, 9.17) is 10.5 Å². The number of benzene rings is 1. The number of nitrogens with two attached hydrogens (primary N) is 1. The van der Waals surface area contributed by atoms with E-state index in [0.29, 0.717) is 4.88 Å². The molecule has 0 amide bonds. The molecule has 0 aliphatic carbocycles. The van der Waals surface area contributed by atoms with E-state index < -0.39 is 17.6 Å². The maximum absolute atomic E-state index is 13.6. The third-order valence-corrected chi connectivity index (χ3v) is 3.58. The molecule has 1 aromatic heterocycles. The first-order valence-electron chi connectivity index (χ1n) is 5.54. The van der Waals surface area contributed by atoms with Gasteiger partial charge in [0.05, 0.1) is 12.3 Å². The Morgan fingerprint density at radius 2 is 2.11 bits per heavy atom. The summed E-state index contributed by atoms with van der Waals surface area (Å²) >= 11 is 0.977. The van der Waals surface area contributed by atoms with Crippen LogP contribution in [-0.2, 0) is 4.74 Å². The standard InChI is InChI=1S/C13H11F2NO2S/c1-2-18-13(17)12-10(16)6-11(19-12)8-5-7(14)3-4-9(8)15/h3-6H,2,16H2,1H3. The average molecular weight is 283 g/mol. The molecule has 0 aliphatic rings. The maximum Gasteiger partial charge on any atom is 0.350 e. The Bertz CT molecular complexity index is 625. The van der Waals surface area contributed by atoms with Crippen LogP contribution in [0.5, 0.6) is 0 Å². The number of esters is 1. The monoisotopic (exact) mass is 283 g/mol. The molecule has 3 nitrogen and oxygen atoms in total. The molecular weight excluding hydrogens is 272 g/mol. The Labute approximate surface area is 112 Å². The maximum atomic E-state index is 13.6. The first-order chi connectivity index (χ1) is 9.02. The van der Waals surface area contributed by atoms with Gasteiger partial charge < -0.3 is 10.5 Å². The minimum absolute atomic E-state index is 0.0762. The van der Waals surface area contributed by atoms with Crippen molar-refractivity contribution in [3.63, 3.8) is 0 Å². The predicted molar refractivity (Wildman–Crippen MR) is 70.0 cm³/mol. The lowest BCUT2D eigenvalue weighted by molar-refractivity contribution is 0.0533. The first kappa shape index (κ1) is 13.5. The number of rotatable bonds is 3. The van der Waals surface area contributed by atoms with Crippen LogP contribution in [0, 0.1) is 11.6 Å². The van der Waals surface area contributed by atoms with Crippen molar-refractivity contribution in [2.45, 2.75) is 6.92 Å². The summed E-state index contributed by atoms with van der Waals surface area (Å²) < 4.78 is 31.6. The highest BCUT2D eigenvalue weighted by molar-refractivity contribution is 7.18. The molecule has 0 bridgehead atoms. The topological polar surface area (TPSA) is 52.3 Å². The second-order valence-corrected chi connectivity index (χ2v) is 4.79. The van der Waals surface area contributed by atoms with E-state index in [1.807, 2.05) is 0 Å². The molecule has 0 atom stereocenters. The fourth-order valence-corrected chi connectivity index (χ4v) is 2.57. The Balaban J connectivity index is 2.44. The number of hydrogen-bond acceptors (Lipinski definition) is 4. The molecule has 2 aromatic rings. The highest BCUT2D eigenvalue weighted by atomic mass is 32.1. The molecular formula is C13H11F2NO2S. The fourth-order valence-electron chi connectivity index (χ4n) is 1.58. The van der Waals surface area contributed by atoms with Gasteiger partial charge in [-0.3, -0.25) is 0 Å². The van der Waals surface area contributed by atoms with E-state index in [-0.39, 0.29) is 22.7 Å². The van der Waals surface area contributed by atoms with Crippen molar-refractivity contribution in [2.24, 2.45) is 0 Å². The number of carbonyl (C=O) groups is 1. The minimum Gasteiger partial charge on any atom is -0.462 e. The zero-order chi connectivity index (χ0) is 14.0. The summed E-state index contributed by atoms with van der Waals surface area (Å²) in [5.41, 5.74) is 5.96. The molecule has 100 valence electrons. The SMILES string of the molecule is CCOC(=O)c1sc(-c2cc(F)ccc2F)cc1N. The fraction of sp³-hybridized carbons (Fsp3) is 0.154. The largest absolute Gasteiger partial charge is 0.462 e. The van der Waals surface area contributed by atoms with Crippen molar-refractivity contribution >= 4 is 23.0 Å². The number of ether oxygens (including phenoxy) is 1. The summed E-state index contributed by atoms with van der Waals surface area (Å²) in [4.78, 5) is 12.2. The highest BCUT2D eigenvalue weighted by Gasteiger charge is 2.18. The molecule has 0 saturated heterocycles. The van der Waals surface area contributed by atoms with E-state index in [9.17, 15) is 13.6 Å². The number of thiophene rings is 1. The van der Waals surface area contributed by atoms with Crippen LogP contribution >= 0.6 is 11.3 Å². The van der Waals surface area contributed by atoms with Crippen LogP contribution in [0.4, 0.5) is 14.5 Å². The van der Waals surface area contributed by atoms with Crippen molar-refractivity contribution in [1.29, 1.82) is 0 Å². The smallest absolute Gasteiger partial charge is 0.350 e. The molecule has 0 aliphatic heterocycles. The Hall–Kier alpha value is -1.95. The van der Waals surface area contributed by atoms with Crippen molar-refractivity contribution in [3.05, 3.63) is 40.8 Å². The van der Waals surface area contributed by atoms with Crippen LogP contribution in [0.15, 0.2) is 24.3 Å². The van der Waals surface area contributed by atoms with Gasteiger partial charge in [-0.25, -0.2) is 13.6 Å². The van der Waals surface area contributed by atoms with Crippen molar-refractivity contribution in [3.8, 4) is 10.4 Å². The zero-order valence-electron chi connectivity index (χ0n) is 10.1. The van der Waals surface area contributed by atoms with E-state index in [2.05, 4.69) is 0 Å². The summed E-state index contributed by atoms with van der Waals surface area (Å²) in [6.07, 6.45) is 0. The third-order valence-electron chi connectivity index (χ3n) is 2.42. The predicted octanol–water partition coefficient (Wildman–Crippen LogP) is 3.45. The number of anilines is 1. The molecule has 2 rings (SSSR count). The Morgan fingerprint density at radius 1 is 1.37 bits per heavy atom. The van der Waals surface area contributed by atoms with Crippen molar-refractivity contribution < 1.29 is 18.3 Å². The molecule has 0 saturated carbocycles. The van der Waals surface area contributed by atoms with Gasteiger partial charge in [-0.2, -0.15) is 0 Å². The lowest BCUT2D eigenvalue weighted by Gasteiger charge is -2.00. The molecule has 2 N–H and O–H groups in total. The lowest BCUT2D eigenvalue weighted by atomic mass is 10.1. The lowest BCUT2D eigenvalue weighted by Crippen LogP contribution is -2.04. The van der Waals surface area contributed by atoms with E-state index in [0.717, 1.165) is 29.5 Å². The van der Waals surface area contributed by atoms with Gasteiger partial charge in [-0.1, -0.05) is 0 Å². The van der Waals surface area contributed by atoms with Crippen molar-refractivity contribution in [1.82, 2.24) is 0 Å². The van der Waals surface area contributed by atoms with Crippen LogP contribution in [0.3, 0.4) is 0 Å². The molecule has 6 heteroatoms. The molecule has 0 spiro atoms. The number of nitrogen functional groups attached to an aromatic ring is 1. The highest BCUT2D eigenvalue weighted by Crippen LogP contribution is 2.35. The molecule has 0 radical (unpaired) electrons. The van der Waals surface area contributed by atoms with E-state index >= 15 is 0 Å². The van der Waals surface area contributed by atoms with Crippen molar-refractivity contribution in [2.75, 3.05) is 12.3 Å². The Kier molecular flexibility index (Phi) is 3.80. The number of halogens is 2. The van der Waals surface area contributed by atoms with Gasteiger partial charge in [0.25, 0.3) is 0 Å². The minimum atomic E-state index is -0.571. The van der Waals surface area contributed by atoms with Gasteiger partial charge >= 0.3 is 5.97 Å². The quantitative estimate of drug-likeness (QED) is 0.878. The molecule has 1 heterocycles. The van der Waals surface area contributed by atoms with Gasteiger partial charge in [-0.05, 0) is 31.2 Å². The van der Waals surface area contributed by atoms with Crippen LogP contribution < -0.4 is 5.73 Å². The van der Waals surface area contributed by atoms with Crippen LogP contribution in [0.2, 0.25) is 0 Å². The molecule has 1 aromatic carbocycles. The zero-order valence-corrected chi connectivity index (χ0v) is 10.9. The van der Waals surface area contributed by atoms with Crippen LogP contribution in [0.25, 0.3) is 10.4 Å². The molecule has 19 heavy (non-hydrogen) atoms. The third kappa shape index (κ3) is 2.73. The van der Waals surface area contributed by atoms with Gasteiger partial charge in [0.15, 0.2) is 0 Å². The molecule has 0 unspecified atom stereocenters. The second kappa shape index (κ2) is 5.36. The second-order valence-electron chi connectivity index (χ2n) is 3.74. The average Bonchev–Trinajstić information content (AvgIpc) is 2.74. The number of hydrogen-bond donors (Lipinski definition) is 1. The summed E-state index contributed by atoms with van der Waals surface area (Å²) in [6.45, 7) is 1.90. The summed E-state index contributed by atoms with van der Waals surface area (Å²) in [7, 11) is 0. The van der Waals surface area contributed by atoms with E-state index in [1.165, 1.54) is 6.07 Å². The van der Waals surface area contributed by atoms with Gasteiger partial charge in [-0.15, -0.1) is 11.3 Å². The van der Waals surface area contributed by atoms with E-state index in [1.54, 1.807) is 6.92 Å². The van der Waals surface area contributed by atoms with Crippen LogP contribution in [0.1, 0.15) is 16.6 Å². The Morgan fingerprint density at radius 3 is 2.79 bits per heavy atom. The first-order valence-corrected chi connectivity index (χ1v) is 6.36. The van der Waals surface area contributed by atoms with Gasteiger partial charge in [0.1, 0.15) is 16.5 Å². The van der Waals surface area contributed by atoms with Gasteiger partial charge in [0, 0.05) is 10.4 Å². The summed E-state index contributed by atoms with van der Waals surface area (Å²) in [5, 5.41) is 0. The summed E-state index contributed by atoms with van der Waals surface area (Å²) in [5.74, 6) is -1.69. The molecule has 0 fully saturated rings. The summed E-state index contributed by atoms with van der Waals surface area (Å²) in [6, 6.07) is 4.57.